The van der Waals surface area contributed by atoms with Crippen LogP contribution in [-0.4, -0.2) is 108 Å². The molecule has 0 spiro atoms. The van der Waals surface area contributed by atoms with Crippen molar-refractivity contribution in [2.45, 2.75) is 94.8 Å². The molecule has 3 aromatic carbocycles. The highest BCUT2D eigenvalue weighted by atomic mass is 32.2. The van der Waals surface area contributed by atoms with Gasteiger partial charge in [-0.25, -0.2) is 14.2 Å². The average Bonchev–Trinajstić information content (AvgIpc) is 3.68. The molecule has 2 aliphatic heterocycles. The van der Waals surface area contributed by atoms with Crippen LogP contribution in [-0.2, 0) is 24.0 Å². The Kier molecular flexibility index (Phi) is 14.8. The van der Waals surface area contributed by atoms with Crippen LogP contribution in [0.4, 0.5) is 47.2 Å². The number of carbonyl (C=O) groups excluding carboxylic acids is 1. The summed E-state index contributed by atoms with van der Waals surface area (Å²) in [6.07, 6.45) is -4.09. The Morgan fingerprint density at radius 2 is 1.49 bits per heavy atom. The van der Waals surface area contributed by atoms with E-state index in [1.807, 2.05) is 7.05 Å². The van der Waals surface area contributed by atoms with Gasteiger partial charge in [0.2, 0.25) is 0 Å². The lowest BCUT2D eigenvalue weighted by Gasteiger charge is -2.41. The number of rotatable bonds is 13. The van der Waals surface area contributed by atoms with E-state index in [9.17, 15) is 18.0 Å². The van der Waals surface area contributed by atoms with Gasteiger partial charge in [-0.15, -0.1) is 0 Å². The van der Waals surface area contributed by atoms with Crippen molar-refractivity contribution in [2.75, 3.05) is 63.9 Å². The number of thioether (sulfide) groups is 1. The molecular weight excluding hydrogens is 920 g/mol. The number of piperazine rings is 1. The Morgan fingerprint density at radius 3 is 2.00 bits per heavy atom. The Morgan fingerprint density at radius 1 is 0.868 bits per heavy atom. The molecule has 366 valence electrons. The highest BCUT2D eigenvalue weighted by molar-refractivity contribution is 8.00. The molecule has 1 amide bonds. The molecule has 0 N–H and O–H groups in total. The molecule has 0 aliphatic carbocycles. The van der Waals surface area contributed by atoms with Gasteiger partial charge in [-0.3, -0.25) is 0 Å². The van der Waals surface area contributed by atoms with Gasteiger partial charge in [0, 0.05) is 55.1 Å². The Balaban J connectivity index is 1.43. The molecule has 0 bridgehead atoms. The molecule has 4 heterocycles. The number of carbonyl (C=O) groups is 1. The number of halogens is 7. The molecule has 12 nitrogen and oxygen atoms in total. The van der Waals surface area contributed by atoms with Gasteiger partial charge in [0.15, 0.2) is 5.82 Å². The fraction of sp³-hybridized carbons (Fsp3) is 0.458. The summed E-state index contributed by atoms with van der Waals surface area (Å²) < 4.78 is 131. The second kappa shape index (κ2) is 20.1. The second-order valence-electron chi connectivity index (χ2n) is 18.0. The van der Waals surface area contributed by atoms with Crippen molar-refractivity contribution < 1.29 is 54.5 Å². The highest BCUT2D eigenvalue weighted by Gasteiger charge is 2.42. The maximum atomic E-state index is 17.9. The van der Waals surface area contributed by atoms with Gasteiger partial charge in [0.1, 0.15) is 40.9 Å². The zero-order chi connectivity index (χ0) is 49.3. The summed E-state index contributed by atoms with van der Waals surface area (Å²) in [7, 11) is 4.93. The molecule has 1 unspecified atom stereocenters. The highest BCUT2D eigenvalue weighted by Crippen LogP contribution is 2.49. The van der Waals surface area contributed by atoms with E-state index in [1.165, 1.54) is 25.2 Å². The van der Waals surface area contributed by atoms with Gasteiger partial charge < -0.3 is 38.5 Å². The zero-order valence-corrected chi connectivity index (χ0v) is 39.8. The molecule has 2 saturated heterocycles. The molecule has 68 heavy (non-hydrogen) atoms. The first-order valence-electron chi connectivity index (χ1n) is 22.0. The fourth-order valence-electron chi connectivity index (χ4n) is 8.48. The molecule has 7 rings (SSSR count). The summed E-state index contributed by atoms with van der Waals surface area (Å²) in [5.41, 5.74) is -8.97. The first-order chi connectivity index (χ1) is 32.0. The van der Waals surface area contributed by atoms with Gasteiger partial charge in [-0.1, -0.05) is 24.3 Å². The van der Waals surface area contributed by atoms with Crippen LogP contribution in [0.15, 0.2) is 65.6 Å². The number of likely N-dealkylation sites (N-methyl/N-ethyl adjacent to an activating group) is 1. The lowest BCUT2D eigenvalue weighted by molar-refractivity contribution is -0.137. The monoisotopic (exact) mass is 973 g/mol. The first kappa shape index (κ1) is 50.1. The third kappa shape index (κ3) is 11.7. The van der Waals surface area contributed by atoms with Crippen molar-refractivity contribution >= 4 is 40.4 Å². The predicted octanol–water partition coefficient (Wildman–Crippen LogP) is 10.9. The third-order valence-electron chi connectivity index (χ3n) is 11.8. The van der Waals surface area contributed by atoms with E-state index in [1.54, 1.807) is 86.0 Å². The number of aryl methyl sites for hydroxylation is 1. The van der Waals surface area contributed by atoms with Gasteiger partial charge in [0.25, 0.3) is 0 Å². The molecule has 2 aliphatic rings. The van der Waals surface area contributed by atoms with Gasteiger partial charge in [0.05, 0.1) is 31.0 Å². The summed E-state index contributed by atoms with van der Waals surface area (Å²) >= 11 is -0.765. The summed E-state index contributed by atoms with van der Waals surface area (Å²) in [6, 6.07) is 15.1. The van der Waals surface area contributed by atoms with Gasteiger partial charge in [-0.2, -0.15) is 36.3 Å². The van der Waals surface area contributed by atoms with Crippen LogP contribution >= 0.6 is 11.8 Å². The number of pyridine rings is 1. The summed E-state index contributed by atoms with van der Waals surface area (Å²) in [6.45, 7) is 9.43. The number of benzene rings is 3. The van der Waals surface area contributed by atoms with Crippen LogP contribution in [0.1, 0.15) is 62.8 Å². The maximum Gasteiger partial charge on any atom is 0.446 e. The fourth-order valence-corrected chi connectivity index (χ4v) is 9.19. The van der Waals surface area contributed by atoms with Crippen LogP contribution in [0.25, 0.3) is 22.2 Å². The zero-order valence-electron chi connectivity index (χ0n) is 39.0. The summed E-state index contributed by atoms with van der Waals surface area (Å²) in [4.78, 5) is 32.6. The number of anilines is 2. The van der Waals surface area contributed by atoms with Crippen molar-refractivity contribution in [2.24, 2.45) is 0 Å². The number of amides is 1. The Hall–Kier alpha value is -5.76. The normalized spacial score (nSPS) is 17.2. The van der Waals surface area contributed by atoms with Crippen LogP contribution in [0.2, 0.25) is 0 Å². The van der Waals surface area contributed by atoms with Crippen LogP contribution in [0.5, 0.6) is 17.5 Å². The van der Waals surface area contributed by atoms with Crippen molar-refractivity contribution in [3.63, 3.8) is 0 Å². The number of hydrogen-bond acceptors (Lipinski definition) is 12. The Labute approximate surface area is 394 Å². The number of aromatic nitrogens is 3. The Bertz CT molecular complexity index is 2550. The standard InChI is InChI=1S/C48H54F7N7O5S/c1-28-22-37(61(25-30-11-15-33(64-7)16-12-30)26-31-13-17-34(65-8)18-14-31)56-42(39(28)47(50,51)52)38-36(68-48(53,54)55)23-35-41(40(38)49)57-44(66-27-32-10-9-19-59(32)6)58-43(35)62-21-20-60(24-29(62)2)45(63)67-46(3,4)5/h11-18,22-23,29,32H,9-10,19-21,24-27H2,1-8H3/t29-,32?/m0/s1. The van der Waals surface area contributed by atoms with E-state index in [0.717, 1.165) is 32.4 Å². The van der Waals surface area contributed by atoms with Crippen molar-refractivity contribution in [1.82, 2.24) is 24.8 Å². The molecule has 0 saturated carbocycles. The number of methoxy groups -OCH3 is 2. The van der Waals surface area contributed by atoms with Gasteiger partial charge >= 0.3 is 23.8 Å². The third-order valence-corrected chi connectivity index (χ3v) is 12.6. The molecule has 5 aromatic rings. The van der Waals surface area contributed by atoms with E-state index in [2.05, 4.69) is 19.9 Å². The minimum atomic E-state index is -5.20. The number of likely N-dealkylation sites (tertiary alicyclic amines) is 1. The smallest absolute Gasteiger partial charge is 0.446 e. The molecule has 2 aromatic heterocycles. The second-order valence-corrected chi connectivity index (χ2v) is 19.1. The number of alkyl halides is 6. The molecule has 0 radical (unpaired) electrons. The SMILES string of the molecule is COc1ccc(CN(Cc2ccc(OC)cc2)c2cc(C)c(C(F)(F)F)c(-c3c(SC(F)(F)F)cc4c(N5CCN(C(=O)OC(C)(C)C)C[C@@H]5C)nc(OCC5CCCN5C)nc4c3F)n2)cc1. The van der Waals surface area contributed by atoms with E-state index in [0.29, 0.717) is 22.6 Å². The largest absolute Gasteiger partial charge is 0.497 e. The van der Waals surface area contributed by atoms with Crippen LogP contribution in [0.3, 0.4) is 0 Å². The maximum absolute atomic E-state index is 17.9. The van der Waals surface area contributed by atoms with E-state index in [-0.39, 0.29) is 68.4 Å². The molecular formula is C48H54F7N7O5S. The lowest BCUT2D eigenvalue weighted by Crippen LogP contribution is -2.55. The van der Waals surface area contributed by atoms with Crippen molar-refractivity contribution in [1.29, 1.82) is 0 Å². The van der Waals surface area contributed by atoms with E-state index in [4.69, 9.17) is 18.9 Å². The number of nitrogens with zero attached hydrogens (tertiary/aromatic N) is 7. The topological polar surface area (TPSA) is 106 Å². The average molecular weight is 974 g/mol. The summed E-state index contributed by atoms with van der Waals surface area (Å²) in [5.74, 6) is -0.440. The lowest BCUT2D eigenvalue weighted by atomic mass is 9.98. The van der Waals surface area contributed by atoms with E-state index < -0.39 is 79.8 Å². The summed E-state index contributed by atoms with van der Waals surface area (Å²) in [5, 5.41) is -0.206. The number of fused-ring (bicyclic) bond motifs is 1. The van der Waals surface area contributed by atoms with Gasteiger partial charge in [-0.05, 0) is 126 Å². The quantitative estimate of drug-likeness (QED) is 0.0828. The number of ether oxygens (including phenoxy) is 4. The van der Waals surface area contributed by atoms with Crippen LogP contribution in [0, 0.1) is 12.7 Å². The van der Waals surface area contributed by atoms with Crippen molar-refractivity contribution in [3.05, 3.63) is 88.7 Å². The minimum Gasteiger partial charge on any atom is -0.497 e. The number of hydrogen-bond donors (Lipinski definition) is 0. The predicted molar refractivity (Wildman–Crippen MR) is 246 cm³/mol. The molecule has 2 atom stereocenters. The van der Waals surface area contributed by atoms with E-state index >= 15 is 17.6 Å². The molecule has 20 heteroatoms. The minimum absolute atomic E-state index is 0.0188. The van der Waals surface area contributed by atoms with Crippen molar-refractivity contribution in [3.8, 4) is 28.8 Å². The molecule has 2 fully saturated rings. The first-order valence-corrected chi connectivity index (χ1v) is 22.8. The van der Waals surface area contributed by atoms with Crippen LogP contribution < -0.4 is 24.0 Å².